The van der Waals surface area contributed by atoms with Crippen molar-refractivity contribution in [3.8, 4) is 17.1 Å². The Labute approximate surface area is 188 Å². The second-order valence-electron chi connectivity index (χ2n) is 7.27. The van der Waals surface area contributed by atoms with E-state index in [1.54, 1.807) is 0 Å². The lowest BCUT2D eigenvalue weighted by atomic mass is 10.1. The quantitative estimate of drug-likeness (QED) is 0.333. The number of ether oxygens (including phenoxy) is 1. The summed E-state index contributed by atoms with van der Waals surface area (Å²) in [5.41, 5.74) is 2.06. The molecule has 6 nitrogen and oxygen atoms in total. The van der Waals surface area contributed by atoms with E-state index >= 15 is 0 Å². The highest BCUT2D eigenvalue weighted by Crippen LogP contribution is 2.26. The fourth-order valence-corrected chi connectivity index (χ4v) is 3.98. The van der Waals surface area contributed by atoms with E-state index in [4.69, 9.17) is 4.74 Å². The molecule has 0 spiro atoms. The fraction of sp³-hybridized carbons (Fsp3) is 0.375. The van der Waals surface area contributed by atoms with Crippen molar-refractivity contribution < 1.29 is 9.53 Å². The van der Waals surface area contributed by atoms with Crippen LogP contribution in [0, 0.1) is 0 Å². The third-order valence-corrected chi connectivity index (χ3v) is 5.89. The molecule has 0 saturated heterocycles. The highest BCUT2D eigenvalue weighted by Gasteiger charge is 2.16. The Morgan fingerprint density at radius 2 is 1.84 bits per heavy atom. The molecule has 31 heavy (non-hydrogen) atoms. The number of amides is 1. The van der Waals surface area contributed by atoms with E-state index in [-0.39, 0.29) is 11.9 Å². The van der Waals surface area contributed by atoms with Gasteiger partial charge in [-0.05, 0) is 50.1 Å². The maximum Gasteiger partial charge on any atom is 0.230 e. The van der Waals surface area contributed by atoms with Crippen LogP contribution in [0.1, 0.15) is 45.2 Å². The zero-order valence-corrected chi connectivity index (χ0v) is 19.2. The van der Waals surface area contributed by atoms with Crippen LogP contribution in [-0.2, 0) is 11.3 Å². The molecule has 0 aliphatic carbocycles. The van der Waals surface area contributed by atoms with E-state index in [9.17, 15) is 4.79 Å². The zero-order valence-electron chi connectivity index (χ0n) is 18.4. The molecule has 0 aliphatic rings. The van der Waals surface area contributed by atoms with Crippen molar-refractivity contribution in [1.29, 1.82) is 0 Å². The molecule has 7 heteroatoms. The average molecular weight is 439 g/mol. The number of carbonyl (C=O) groups excluding carboxylic acids is 1. The summed E-state index contributed by atoms with van der Waals surface area (Å²) in [6.07, 6.45) is 2.16. The Morgan fingerprint density at radius 3 is 2.52 bits per heavy atom. The van der Waals surface area contributed by atoms with Crippen LogP contribution >= 0.6 is 11.8 Å². The summed E-state index contributed by atoms with van der Waals surface area (Å²) in [7, 11) is 0. The third kappa shape index (κ3) is 6.34. The molecule has 0 bridgehead atoms. The predicted molar refractivity (Wildman–Crippen MR) is 125 cm³/mol. The number of nitrogens with zero attached hydrogens (tertiary/aromatic N) is 3. The number of thioether (sulfide) groups is 1. The standard InChI is InChI=1S/C24H30N4O2S/c1-4-6-16-30-21-14-12-20(13-15-21)23-26-27-24(28(23)5-2)31-17-22(29)25-18(3)19-10-8-7-9-11-19/h7-15,18H,4-6,16-17H2,1-3H3,(H,25,29). The summed E-state index contributed by atoms with van der Waals surface area (Å²) >= 11 is 1.40. The van der Waals surface area contributed by atoms with Crippen LogP contribution < -0.4 is 10.1 Å². The van der Waals surface area contributed by atoms with E-state index in [1.807, 2.05) is 66.1 Å². The van der Waals surface area contributed by atoms with Gasteiger partial charge in [0.2, 0.25) is 5.91 Å². The largest absolute Gasteiger partial charge is 0.494 e. The van der Waals surface area contributed by atoms with Gasteiger partial charge in [0.1, 0.15) is 5.75 Å². The van der Waals surface area contributed by atoms with Gasteiger partial charge in [0.05, 0.1) is 18.4 Å². The van der Waals surface area contributed by atoms with Crippen molar-refractivity contribution >= 4 is 17.7 Å². The minimum atomic E-state index is -0.0352. The topological polar surface area (TPSA) is 69.0 Å². The summed E-state index contributed by atoms with van der Waals surface area (Å²) in [5, 5.41) is 12.5. The van der Waals surface area contributed by atoms with E-state index < -0.39 is 0 Å². The van der Waals surface area contributed by atoms with E-state index in [2.05, 4.69) is 29.4 Å². The molecule has 1 amide bonds. The first kappa shape index (κ1) is 22.9. The monoisotopic (exact) mass is 438 g/mol. The summed E-state index contributed by atoms with van der Waals surface area (Å²) in [6.45, 7) is 7.64. The highest BCUT2D eigenvalue weighted by molar-refractivity contribution is 7.99. The molecule has 0 fully saturated rings. The molecule has 1 unspecified atom stereocenters. The molecule has 3 rings (SSSR count). The number of hydrogen-bond acceptors (Lipinski definition) is 5. The van der Waals surface area contributed by atoms with E-state index in [1.165, 1.54) is 11.8 Å². The van der Waals surface area contributed by atoms with Gasteiger partial charge < -0.3 is 14.6 Å². The number of benzene rings is 2. The van der Waals surface area contributed by atoms with Crippen molar-refractivity contribution in [2.24, 2.45) is 0 Å². The van der Waals surface area contributed by atoms with Crippen LogP contribution in [0.5, 0.6) is 5.75 Å². The number of rotatable bonds is 11. The first-order valence-corrected chi connectivity index (χ1v) is 11.7. The molecule has 1 aromatic heterocycles. The van der Waals surface area contributed by atoms with E-state index in [0.29, 0.717) is 5.75 Å². The fourth-order valence-electron chi connectivity index (χ4n) is 3.17. The highest BCUT2D eigenvalue weighted by atomic mass is 32.2. The SMILES string of the molecule is CCCCOc1ccc(-c2nnc(SCC(=O)NC(C)c3ccccc3)n2CC)cc1. The van der Waals surface area contributed by atoms with Crippen LogP contribution in [0.25, 0.3) is 11.4 Å². The third-order valence-electron chi connectivity index (χ3n) is 4.92. The van der Waals surface area contributed by atoms with Gasteiger partial charge in [0.15, 0.2) is 11.0 Å². The number of unbranched alkanes of at least 4 members (excludes halogenated alkanes) is 1. The maximum absolute atomic E-state index is 12.4. The second-order valence-corrected chi connectivity index (χ2v) is 8.21. The zero-order chi connectivity index (χ0) is 22.1. The van der Waals surface area contributed by atoms with Crippen molar-refractivity contribution in [3.05, 3.63) is 60.2 Å². The molecular weight excluding hydrogens is 408 g/mol. The number of carbonyl (C=O) groups is 1. The van der Waals surface area contributed by atoms with Crippen LogP contribution in [0.4, 0.5) is 0 Å². The molecule has 164 valence electrons. The van der Waals surface area contributed by atoms with Gasteiger partial charge in [-0.3, -0.25) is 4.79 Å². The van der Waals surface area contributed by atoms with Gasteiger partial charge in [0.25, 0.3) is 0 Å². The van der Waals surface area contributed by atoms with Crippen LogP contribution in [0.3, 0.4) is 0 Å². The second kappa shape index (κ2) is 11.6. The molecule has 0 aliphatic heterocycles. The first-order valence-electron chi connectivity index (χ1n) is 10.8. The summed E-state index contributed by atoms with van der Waals surface area (Å²) in [5.74, 6) is 1.92. The molecule has 1 atom stereocenters. The van der Waals surface area contributed by atoms with Crippen molar-refractivity contribution in [3.63, 3.8) is 0 Å². The maximum atomic E-state index is 12.4. The Morgan fingerprint density at radius 1 is 1.10 bits per heavy atom. The summed E-state index contributed by atoms with van der Waals surface area (Å²) < 4.78 is 7.77. The van der Waals surface area contributed by atoms with Crippen LogP contribution in [0.15, 0.2) is 59.8 Å². The van der Waals surface area contributed by atoms with Gasteiger partial charge in [-0.25, -0.2) is 0 Å². The lowest BCUT2D eigenvalue weighted by molar-refractivity contribution is -0.119. The van der Waals surface area contributed by atoms with Crippen LogP contribution in [0.2, 0.25) is 0 Å². The molecule has 1 heterocycles. The smallest absolute Gasteiger partial charge is 0.230 e. The number of hydrogen-bond donors (Lipinski definition) is 1. The predicted octanol–water partition coefficient (Wildman–Crippen LogP) is 5.11. The van der Waals surface area contributed by atoms with Gasteiger partial charge in [-0.15, -0.1) is 10.2 Å². The number of nitrogens with one attached hydrogen (secondary N) is 1. The van der Waals surface area contributed by atoms with Gasteiger partial charge in [-0.1, -0.05) is 55.4 Å². The first-order chi connectivity index (χ1) is 15.1. The van der Waals surface area contributed by atoms with Gasteiger partial charge >= 0.3 is 0 Å². The Balaban J connectivity index is 1.60. The molecular formula is C24H30N4O2S. The molecule has 2 aromatic carbocycles. The molecule has 3 aromatic rings. The molecule has 0 saturated carbocycles. The lowest BCUT2D eigenvalue weighted by Gasteiger charge is -2.14. The lowest BCUT2D eigenvalue weighted by Crippen LogP contribution is -2.28. The normalized spacial score (nSPS) is 11.8. The van der Waals surface area contributed by atoms with E-state index in [0.717, 1.165) is 53.9 Å². The van der Waals surface area contributed by atoms with Crippen molar-refractivity contribution in [1.82, 2.24) is 20.1 Å². The van der Waals surface area contributed by atoms with Crippen molar-refractivity contribution in [2.75, 3.05) is 12.4 Å². The Hall–Kier alpha value is -2.80. The molecule has 0 radical (unpaired) electrons. The van der Waals surface area contributed by atoms with Gasteiger partial charge in [-0.2, -0.15) is 0 Å². The summed E-state index contributed by atoms with van der Waals surface area (Å²) in [4.78, 5) is 12.4. The van der Waals surface area contributed by atoms with Crippen LogP contribution in [-0.4, -0.2) is 33.0 Å². The number of aromatic nitrogens is 3. The molecule has 1 N–H and O–H groups in total. The Kier molecular flexibility index (Phi) is 8.53. The minimum absolute atomic E-state index is 0.0258. The van der Waals surface area contributed by atoms with Crippen molar-refractivity contribution in [2.45, 2.75) is 51.4 Å². The minimum Gasteiger partial charge on any atom is -0.494 e. The Bertz CT molecular complexity index is 957. The summed E-state index contributed by atoms with van der Waals surface area (Å²) in [6, 6.07) is 17.8. The van der Waals surface area contributed by atoms with Gasteiger partial charge in [0, 0.05) is 12.1 Å². The average Bonchev–Trinajstić information content (AvgIpc) is 3.22.